The molecule has 0 aliphatic heterocycles. The SMILES string of the molecule is COCCN(C(=O)OC(C)(C)C)c1cc(Br)cn2ccnc12.COCCNc1cc(Br)cn2ccnc12. The van der Waals surface area contributed by atoms with E-state index in [1.54, 1.807) is 31.5 Å². The number of carbonyl (C=O) groups excluding carboxylic acids is 1. The fraction of sp³-hybridized carbons (Fsp3) is 0.400. The van der Waals surface area contributed by atoms with Crippen LogP contribution >= 0.6 is 31.9 Å². The van der Waals surface area contributed by atoms with Crippen LogP contribution < -0.4 is 10.2 Å². The first-order valence-corrected chi connectivity index (χ1v) is 13.2. The second kappa shape index (κ2) is 13.2. The van der Waals surface area contributed by atoms with E-state index in [-0.39, 0.29) is 0 Å². The van der Waals surface area contributed by atoms with Gasteiger partial charge in [-0.2, -0.15) is 0 Å². The Morgan fingerprint density at radius 3 is 2.19 bits per heavy atom. The lowest BCUT2D eigenvalue weighted by molar-refractivity contribution is 0.0569. The normalized spacial score (nSPS) is 11.3. The van der Waals surface area contributed by atoms with Gasteiger partial charge in [0.05, 0.1) is 31.1 Å². The van der Waals surface area contributed by atoms with Gasteiger partial charge in [0, 0.05) is 66.9 Å². The summed E-state index contributed by atoms with van der Waals surface area (Å²) in [4.78, 5) is 22.7. The molecule has 1 N–H and O–H groups in total. The van der Waals surface area contributed by atoms with E-state index in [1.165, 1.54) is 0 Å². The highest BCUT2D eigenvalue weighted by molar-refractivity contribution is 9.10. The molecule has 12 heteroatoms. The van der Waals surface area contributed by atoms with E-state index in [0.29, 0.717) is 31.1 Å². The van der Waals surface area contributed by atoms with E-state index in [1.807, 2.05) is 66.5 Å². The number of ether oxygens (including phenoxy) is 3. The number of pyridine rings is 2. The minimum atomic E-state index is -0.569. The molecule has 0 aliphatic carbocycles. The number of nitrogens with zero attached hydrogens (tertiary/aromatic N) is 5. The zero-order valence-electron chi connectivity index (χ0n) is 21.6. The molecule has 0 radical (unpaired) electrons. The summed E-state index contributed by atoms with van der Waals surface area (Å²) >= 11 is 6.91. The van der Waals surface area contributed by atoms with Gasteiger partial charge in [0.1, 0.15) is 5.60 Å². The molecule has 0 atom stereocenters. The summed E-state index contributed by atoms with van der Waals surface area (Å²) in [7, 11) is 3.28. The predicted molar refractivity (Wildman–Crippen MR) is 152 cm³/mol. The lowest BCUT2D eigenvalue weighted by atomic mass is 10.2. The molecule has 4 aromatic rings. The largest absolute Gasteiger partial charge is 0.443 e. The van der Waals surface area contributed by atoms with Crippen molar-refractivity contribution in [2.45, 2.75) is 26.4 Å². The van der Waals surface area contributed by atoms with Gasteiger partial charge in [-0.3, -0.25) is 4.90 Å². The third kappa shape index (κ3) is 8.16. The summed E-state index contributed by atoms with van der Waals surface area (Å²) in [6.07, 6.45) is 10.7. The summed E-state index contributed by atoms with van der Waals surface area (Å²) in [5.41, 5.74) is 2.72. The maximum absolute atomic E-state index is 12.5. The van der Waals surface area contributed by atoms with E-state index in [0.717, 1.165) is 26.8 Å². The molecular weight excluding hydrogens is 608 g/mol. The molecule has 0 fully saturated rings. The van der Waals surface area contributed by atoms with Gasteiger partial charge in [0.2, 0.25) is 0 Å². The molecule has 4 rings (SSSR count). The standard InChI is InChI=1S/C15H20BrN3O3.C10H12BrN3O/c1-15(2,3)22-14(20)19(7-8-21-4)12-9-11(16)10-18-6-5-17-13(12)18;1-15-5-3-12-9-6-8(11)7-14-4-2-13-10(9)14/h5-6,9-10H,7-8H2,1-4H3;2,4,6-7,12H,3,5H2,1H3. The fourth-order valence-electron chi connectivity index (χ4n) is 3.41. The number of aromatic nitrogens is 4. The Labute approximate surface area is 233 Å². The first-order chi connectivity index (χ1) is 17.6. The highest BCUT2D eigenvalue weighted by atomic mass is 79.9. The number of fused-ring (bicyclic) bond motifs is 2. The molecule has 0 spiro atoms. The maximum atomic E-state index is 12.5. The van der Waals surface area contributed by atoms with Crippen LogP contribution in [0.3, 0.4) is 0 Å². The lowest BCUT2D eigenvalue weighted by Gasteiger charge is -2.27. The van der Waals surface area contributed by atoms with Crippen molar-refractivity contribution in [3.8, 4) is 0 Å². The minimum Gasteiger partial charge on any atom is -0.443 e. The van der Waals surface area contributed by atoms with Crippen molar-refractivity contribution in [2.24, 2.45) is 0 Å². The van der Waals surface area contributed by atoms with E-state index in [9.17, 15) is 4.79 Å². The number of imidazole rings is 2. The average Bonchev–Trinajstić information content (AvgIpc) is 3.48. The van der Waals surface area contributed by atoms with Crippen LogP contribution in [0.4, 0.5) is 16.2 Å². The number of methoxy groups -OCH3 is 2. The molecule has 0 aromatic carbocycles. The molecule has 0 unspecified atom stereocenters. The first-order valence-electron chi connectivity index (χ1n) is 11.6. The Bertz CT molecular complexity index is 1320. The number of carbonyl (C=O) groups is 1. The van der Waals surface area contributed by atoms with Gasteiger partial charge < -0.3 is 28.3 Å². The van der Waals surface area contributed by atoms with Crippen molar-refractivity contribution in [3.63, 3.8) is 0 Å². The third-order valence-electron chi connectivity index (χ3n) is 4.93. The highest BCUT2D eigenvalue weighted by Crippen LogP contribution is 2.27. The summed E-state index contributed by atoms with van der Waals surface area (Å²) < 4.78 is 21.3. The summed E-state index contributed by atoms with van der Waals surface area (Å²) in [5.74, 6) is 0. The molecule has 4 aromatic heterocycles. The molecule has 0 aliphatic rings. The van der Waals surface area contributed by atoms with Crippen LogP contribution in [0.2, 0.25) is 0 Å². The summed E-state index contributed by atoms with van der Waals surface area (Å²) in [6.45, 7) is 7.75. The number of halogens is 2. The van der Waals surface area contributed by atoms with Crippen LogP contribution in [0, 0.1) is 0 Å². The molecule has 4 heterocycles. The van der Waals surface area contributed by atoms with Gasteiger partial charge in [-0.25, -0.2) is 14.8 Å². The smallest absolute Gasteiger partial charge is 0.415 e. The first kappa shape index (κ1) is 28.9. The summed E-state index contributed by atoms with van der Waals surface area (Å²) in [5, 5.41) is 3.28. The lowest BCUT2D eigenvalue weighted by Crippen LogP contribution is -2.39. The minimum absolute atomic E-state index is 0.379. The molecular formula is C25H32Br2N6O4. The number of rotatable bonds is 8. The molecule has 10 nitrogen and oxygen atoms in total. The number of hydrogen-bond acceptors (Lipinski definition) is 7. The van der Waals surface area contributed by atoms with Crippen LogP contribution in [0.25, 0.3) is 11.3 Å². The molecule has 37 heavy (non-hydrogen) atoms. The fourth-order valence-corrected chi connectivity index (χ4v) is 4.29. The Morgan fingerprint density at radius 2 is 1.57 bits per heavy atom. The monoisotopic (exact) mass is 638 g/mol. The Kier molecular flexibility index (Phi) is 10.3. The predicted octanol–water partition coefficient (Wildman–Crippen LogP) is 5.64. The van der Waals surface area contributed by atoms with Gasteiger partial charge in [-0.1, -0.05) is 0 Å². The Balaban J connectivity index is 0.000000220. The van der Waals surface area contributed by atoms with Crippen molar-refractivity contribution in [2.75, 3.05) is 50.7 Å². The summed E-state index contributed by atoms with van der Waals surface area (Å²) in [6, 6.07) is 3.86. The van der Waals surface area contributed by atoms with Gasteiger partial charge in [-0.05, 0) is 64.8 Å². The van der Waals surface area contributed by atoms with E-state index in [4.69, 9.17) is 14.2 Å². The van der Waals surface area contributed by atoms with E-state index in [2.05, 4.69) is 47.1 Å². The van der Waals surface area contributed by atoms with Gasteiger partial charge in [-0.15, -0.1) is 0 Å². The second-order valence-corrected chi connectivity index (χ2v) is 10.8. The molecule has 1 amide bonds. The van der Waals surface area contributed by atoms with E-state index < -0.39 is 11.7 Å². The maximum Gasteiger partial charge on any atom is 0.415 e. The Morgan fingerprint density at radius 1 is 0.973 bits per heavy atom. The van der Waals surface area contributed by atoms with Crippen LogP contribution in [-0.4, -0.2) is 71.0 Å². The van der Waals surface area contributed by atoms with Crippen molar-refractivity contribution >= 4 is 60.6 Å². The van der Waals surface area contributed by atoms with Gasteiger partial charge in [0.15, 0.2) is 11.3 Å². The van der Waals surface area contributed by atoms with Gasteiger partial charge >= 0.3 is 6.09 Å². The zero-order valence-corrected chi connectivity index (χ0v) is 24.7. The number of amides is 1. The van der Waals surface area contributed by atoms with Crippen molar-refractivity contribution in [1.82, 2.24) is 18.8 Å². The second-order valence-electron chi connectivity index (χ2n) is 8.98. The Hall–Kier alpha value is -2.67. The van der Waals surface area contributed by atoms with Crippen molar-refractivity contribution < 1.29 is 19.0 Å². The topological polar surface area (TPSA) is 94.6 Å². The van der Waals surface area contributed by atoms with Crippen molar-refractivity contribution in [3.05, 3.63) is 58.3 Å². The number of nitrogens with one attached hydrogen (secondary N) is 1. The van der Waals surface area contributed by atoms with E-state index >= 15 is 0 Å². The molecule has 0 saturated carbocycles. The van der Waals surface area contributed by atoms with Crippen LogP contribution in [-0.2, 0) is 14.2 Å². The third-order valence-corrected chi connectivity index (χ3v) is 5.80. The molecule has 0 saturated heterocycles. The van der Waals surface area contributed by atoms with Crippen LogP contribution in [0.15, 0.2) is 58.3 Å². The van der Waals surface area contributed by atoms with Crippen LogP contribution in [0.1, 0.15) is 20.8 Å². The molecule has 0 bridgehead atoms. The molecule has 200 valence electrons. The zero-order chi connectivity index (χ0) is 27.0. The quantitative estimate of drug-likeness (QED) is 0.249. The van der Waals surface area contributed by atoms with Gasteiger partial charge in [0.25, 0.3) is 0 Å². The number of hydrogen-bond donors (Lipinski definition) is 1. The van der Waals surface area contributed by atoms with Crippen molar-refractivity contribution in [1.29, 1.82) is 0 Å². The number of anilines is 2. The average molecular weight is 640 g/mol. The highest BCUT2D eigenvalue weighted by Gasteiger charge is 2.25. The van der Waals surface area contributed by atoms with Crippen LogP contribution in [0.5, 0.6) is 0 Å².